The summed E-state index contributed by atoms with van der Waals surface area (Å²) < 4.78 is 13.7. The average molecular weight is 264 g/mol. The molecule has 19 heavy (non-hydrogen) atoms. The molecule has 1 aromatic rings. The molecule has 0 aliphatic heterocycles. The van der Waals surface area contributed by atoms with E-state index >= 15 is 0 Å². The first-order valence-corrected chi connectivity index (χ1v) is 5.45. The lowest BCUT2D eigenvalue weighted by atomic mass is 10.1. The normalized spacial score (nSPS) is 11.1. The van der Waals surface area contributed by atoms with Crippen LogP contribution in [0.25, 0.3) is 0 Å². The summed E-state index contributed by atoms with van der Waals surface area (Å²) in [6.07, 6.45) is 0. The zero-order chi connectivity index (χ0) is 14.4. The molecule has 100 valence electrons. The zero-order valence-corrected chi connectivity index (χ0v) is 10.2. The van der Waals surface area contributed by atoms with Gasteiger partial charge in [0.2, 0.25) is 5.91 Å². The summed E-state index contributed by atoms with van der Waals surface area (Å²) in [6.45, 7) is 1.07. The fraction of sp³-hybridized carbons (Fsp3) is 0.231. The van der Waals surface area contributed by atoms with Crippen LogP contribution in [0.15, 0.2) is 18.2 Å². The van der Waals surface area contributed by atoms with E-state index in [1.807, 2.05) is 0 Å². The van der Waals surface area contributed by atoms with Crippen molar-refractivity contribution in [2.45, 2.75) is 13.0 Å². The molecule has 2 amide bonds. The number of benzene rings is 1. The quantitative estimate of drug-likeness (QED) is 0.659. The van der Waals surface area contributed by atoms with Crippen LogP contribution >= 0.6 is 0 Å². The van der Waals surface area contributed by atoms with Gasteiger partial charge >= 0.3 is 0 Å². The molecule has 1 atom stereocenters. The molecule has 1 unspecified atom stereocenters. The summed E-state index contributed by atoms with van der Waals surface area (Å²) in [5.41, 5.74) is 5.12. The summed E-state index contributed by atoms with van der Waals surface area (Å²) in [6, 6.07) is 2.88. The maximum absolute atomic E-state index is 13.7. The van der Waals surface area contributed by atoms with Gasteiger partial charge in [-0.2, -0.15) is 0 Å². The van der Waals surface area contributed by atoms with Crippen LogP contribution in [0, 0.1) is 17.7 Å². The molecule has 0 fully saturated rings. The van der Waals surface area contributed by atoms with Crippen LogP contribution in [-0.2, 0) is 4.79 Å². The Hall–Kier alpha value is -2.39. The van der Waals surface area contributed by atoms with Gasteiger partial charge in [-0.1, -0.05) is 11.8 Å². The van der Waals surface area contributed by atoms with Crippen molar-refractivity contribution in [1.82, 2.24) is 5.32 Å². The first-order valence-electron chi connectivity index (χ1n) is 5.45. The van der Waals surface area contributed by atoms with Crippen LogP contribution in [0.1, 0.15) is 22.8 Å². The third-order valence-electron chi connectivity index (χ3n) is 2.30. The Morgan fingerprint density at radius 3 is 2.74 bits per heavy atom. The molecule has 1 aromatic carbocycles. The second kappa shape index (κ2) is 6.52. The molecule has 0 heterocycles. The molecule has 0 spiro atoms. The molecule has 0 bridgehead atoms. The van der Waals surface area contributed by atoms with Crippen molar-refractivity contribution < 1.29 is 19.1 Å². The Labute approximate surface area is 109 Å². The fourth-order valence-corrected chi connectivity index (χ4v) is 1.26. The van der Waals surface area contributed by atoms with Gasteiger partial charge in [0.05, 0.1) is 5.56 Å². The van der Waals surface area contributed by atoms with E-state index in [-0.39, 0.29) is 12.2 Å². The molecule has 0 aliphatic rings. The predicted octanol–water partition coefficient (Wildman–Crippen LogP) is -0.227. The van der Waals surface area contributed by atoms with Crippen molar-refractivity contribution in [3.8, 4) is 11.8 Å². The number of primary amides is 1. The number of carbonyl (C=O) groups excluding carboxylic acids is 2. The van der Waals surface area contributed by atoms with E-state index in [0.717, 1.165) is 6.07 Å². The number of carbonyl (C=O) groups is 2. The lowest BCUT2D eigenvalue weighted by Gasteiger charge is -2.10. The summed E-state index contributed by atoms with van der Waals surface area (Å²) in [5, 5.41) is 10.8. The molecule has 0 saturated heterocycles. The van der Waals surface area contributed by atoms with Gasteiger partial charge in [-0.3, -0.25) is 9.59 Å². The largest absolute Gasteiger partial charge is 0.384 e. The average Bonchev–Trinajstić information content (AvgIpc) is 2.35. The number of aliphatic hydroxyl groups excluding tert-OH is 1. The molecule has 6 heteroatoms. The summed E-state index contributed by atoms with van der Waals surface area (Å²) in [4.78, 5) is 22.5. The van der Waals surface area contributed by atoms with Gasteiger partial charge in [0.1, 0.15) is 18.5 Å². The molecule has 0 saturated carbocycles. The number of halogens is 1. The minimum Gasteiger partial charge on any atom is -0.384 e. The lowest BCUT2D eigenvalue weighted by Crippen LogP contribution is -2.42. The van der Waals surface area contributed by atoms with Crippen molar-refractivity contribution in [1.29, 1.82) is 0 Å². The topological polar surface area (TPSA) is 92.4 Å². The SMILES string of the molecule is CC(NC(=O)c1ccc(C#CCO)cc1F)C(N)=O. The van der Waals surface area contributed by atoms with Crippen LogP contribution in [-0.4, -0.2) is 29.6 Å². The van der Waals surface area contributed by atoms with Gasteiger partial charge in [-0.05, 0) is 25.1 Å². The molecular weight excluding hydrogens is 251 g/mol. The van der Waals surface area contributed by atoms with Gasteiger partial charge in [0, 0.05) is 5.56 Å². The Kier molecular flexibility index (Phi) is 5.03. The highest BCUT2D eigenvalue weighted by Gasteiger charge is 2.16. The Bertz CT molecular complexity index is 561. The number of amides is 2. The van der Waals surface area contributed by atoms with Crippen molar-refractivity contribution in [2.75, 3.05) is 6.61 Å². The number of aliphatic hydroxyl groups is 1. The molecule has 0 aliphatic carbocycles. The Morgan fingerprint density at radius 1 is 1.53 bits per heavy atom. The number of nitrogens with one attached hydrogen (secondary N) is 1. The van der Waals surface area contributed by atoms with E-state index in [4.69, 9.17) is 10.8 Å². The lowest BCUT2D eigenvalue weighted by molar-refractivity contribution is -0.119. The van der Waals surface area contributed by atoms with Gasteiger partial charge in [-0.15, -0.1) is 0 Å². The minimum absolute atomic E-state index is 0.206. The molecule has 1 rings (SSSR count). The summed E-state index contributed by atoms with van der Waals surface area (Å²) >= 11 is 0. The summed E-state index contributed by atoms with van der Waals surface area (Å²) in [5.74, 6) is 2.67. The van der Waals surface area contributed by atoms with Crippen LogP contribution in [0.3, 0.4) is 0 Å². The van der Waals surface area contributed by atoms with Gasteiger partial charge in [-0.25, -0.2) is 4.39 Å². The van der Waals surface area contributed by atoms with Crippen molar-refractivity contribution in [3.05, 3.63) is 35.1 Å². The van der Waals surface area contributed by atoms with E-state index in [2.05, 4.69) is 17.2 Å². The van der Waals surface area contributed by atoms with Gasteiger partial charge in [0.25, 0.3) is 5.91 Å². The standard InChI is InChI=1S/C13H13FN2O3/c1-8(12(15)18)16-13(19)10-5-4-9(3-2-6-17)7-11(10)14/h4-5,7-8,17H,6H2,1H3,(H2,15,18)(H,16,19). The molecule has 5 nitrogen and oxygen atoms in total. The van der Waals surface area contributed by atoms with Crippen LogP contribution in [0.4, 0.5) is 4.39 Å². The van der Waals surface area contributed by atoms with Crippen LogP contribution in [0.5, 0.6) is 0 Å². The second-order valence-electron chi connectivity index (χ2n) is 3.75. The number of hydrogen-bond donors (Lipinski definition) is 3. The zero-order valence-electron chi connectivity index (χ0n) is 10.2. The Morgan fingerprint density at radius 2 is 2.21 bits per heavy atom. The van der Waals surface area contributed by atoms with Gasteiger partial charge < -0.3 is 16.2 Å². The maximum atomic E-state index is 13.7. The molecule has 4 N–H and O–H groups in total. The summed E-state index contributed by atoms with van der Waals surface area (Å²) in [7, 11) is 0. The van der Waals surface area contributed by atoms with Crippen molar-refractivity contribution in [2.24, 2.45) is 5.73 Å². The first kappa shape index (κ1) is 14.7. The van der Waals surface area contributed by atoms with Crippen LogP contribution in [0.2, 0.25) is 0 Å². The van der Waals surface area contributed by atoms with Crippen molar-refractivity contribution in [3.63, 3.8) is 0 Å². The predicted molar refractivity (Wildman–Crippen MR) is 66.5 cm³/mol. The fourth-order valence-electron chi connectivity index (χ4n) is 1.26. The Balaban J connectivity index is 2.90. The number of hydrogen-bond acceptors (Lipinski definition) is 3. The van der Waals surface area contributed by atoms with E-state index < -0.39 is 23.7 Å². The third kappa shape index (κ3) is 4.08. The van der Waals surface area contributed by atoms with E-state index in [0.29, 0.717) is 5.56 Å². The molecule has 0 radical (unpaired) electrons. The second-order valence-corrected chi connectivity index (χ2v) is 3.75. The molecule has 0 aromatic heterocycles. The van der Waals surface area contributed by atoms with E-state index in [9.17, 15) is 14.0 Å². The maximum Gasteiger partial charge on any atom is 0.254 e. The monoisotopic (exact) mass is 264 g/mol. The van der Waals surface area contributed by atoms with E-state index in [1.54, 1.807) is 0 Å². The van der Waals surface area contributed by atoms with E-state index in [1.165, 1.54) is 19.1 Å². The number of nitrogens with two attached hydrogens (primary N) is 1. The smallest absolute Gasteiger partial charge is 0.254 e. The highest BCUT2D eigenvalue weighted by molar-refractivity contribution is 5.97. The molecular formula is C13H13FN2O3. The highest BCUT2D eigenvalue weighted by atomic mass is 19.1. The number of rotatable bonds is 3. The van der Waals surface area contributed by atoms with Gasteiger partial charge in [0.15, 0.2) is 0 Å². The highest BCUT2D eigenvalue weighted by Crippen LogP contribution is 2.10. The third-order valence-corrected chi connectivity index (χ3v) is 2.30. The van der Waals surface area contributed by atoms with Crippen molar-refractivity contribution >= 4 is 11.8 Å². The van der Waals surface area contributed by atoms with Crippen LogP contribution < -0.4 is 11.1 Å². The first-order chi connectivity index (χ1) is 8.95. The minimum atomic E-state index is -0.888.